The number of carbonyl (C=O) groups excluding carboxylic acids is 1. The van der Waals surface area contributed by atoms with Crippen LogP contribution >= 0.6 is 0 Å². The summed E-state index contributed by atoms with van der Waals surface area (Å²) in [5, 5.41) is 27.2. The van der Waals surface area contributed by atoms with Gasteiger partial charge in [0.25, 0.3) is 21.6 Å². The Morgan fingerprint density at radius 3 is 2.54 bits per heavy atom. The number of nitro benzene ring substituents is 1. The van der Waals surface area contributed by atoms with Crippen molar-refractivity contribution in [3.63, 3.8) is 0 Å². The largest absolute Gasteiger partial charge is 0.491 e. The van der Waals surface area contributed by atoms with Crippen LogP contribution in [0.25, 0.3) is 11.0 Å². The molecule has 3 aromatic carbocycles. The quantitative estimate of drug-likeness (QED) is 0.0680. The molecule has 1 spiro atoms. The highest BCUT2D eigenvalue weighted by Crippen LogP contribution is 2.54. The normalized spacial score (nSPS) is 26.6. The lowest BCUT2D eigenvalue weighted by molar-refractivity contribution is -0.384. The van der Waals surface area contributed by atoms with Crippen molar-refractivity contribution in [2.75, 3.05) is 67.8 Å². The van der Waals surface area contributed by atoms with Gasteiger partial charge in [0.05, 0.1) is 70.7 Å². The first-order chi connectivity index (χ1) is 36.6. The summed E-state index contributed by atoms with van der Waals surface area (Å²) in [7, 11) is -4.72. The minimum atomic E-state index is -4.72. The number of sulfonamides is 1. The Morgan fingerprint density at radius 1 is 0.961 bits per heavy atom. The number of piperidine rings is 1. The molecular formula is C56H68N8O11S. The first-order valence-corrected chi connectivity index (χ1v) is 28.6. The topological polar surface area (TPSA) is 223 Å². The Hall–Kier alpha value is -6.19. The molecule has 404 valence electrons. The maximum absolute atomic E-state index is 14.9. The molecular weight excluding hydrogens is 993 g/mol. The number of benzene rings is 3. The van der Waals surface area contributed by atoms with E-state index < -0.39 is 43.1 Å². The van der Waals surface area contributed by atoms with E-state index in [0.717, 1.165) is 81.0 Å². The molecule has 0 bridgehead atoms. The van der Waals surface area contributed by atoms with Crippen LogP contribution in [0, 0.1) is 21.4 Å². The molecule has 2 saturated carbocycles. The van der Waals surface area contributed by atoms with Crippen LogP contribution in [0.1, 0.15) is 107 Å². The monoisotopic (exact) mass is 1060 g/mol. The van der Waals surface area contributed by atoms with E-state index in [-0.39, 0.29) is 59.9 Å². The van der Waals surface area contributed by atoms with Gasteiger partial charge >= 0.3 is 0 Å². The highest BCUT2D eigenvalue weighted by atomic mass is 32.2. The van der Waals surface area contributed by atoms with Gasteiger partial charge in [-0.1, -0.05) is 18.2 Å². The van der Waals surface area contributed by atoms with Crippen LogP contribution < -0.4 is 34.0 Å². The number of hydrogen-bond acceptors (Lipinski definition) is 16. The molecule has 7 heterocycles. The number of pyridine rings is 1. The Kier molecular flexibility index (Phi) is 13.3. The number of aromatic amines is 1. The summed E-state index contributed by atoms with van der Waals surface area (Å²) in [5.74, 6) is 0.675. The van der Waals surface area contributed by atoms with Gasteiger partial charge in [-0.15, -0.1) is 0 Å². The second-order valence-corrected chi connectivity index (χ2v) is 24.5. The van der Waals surface area contributed by atoms with Crippen molar-refractivity contribution in [3.8, 4) is 17.4 Å². The van der Waals surface area contributed by atoms with E-state index >= 15 is 0 Å². The molecule has 1 amide bonds. The number of para-hydroxylation sites is 1. The standard InChI is InChI=1S/C56H68N8O11S/c1-34(2)74-48-7-5-4-6-41(48)47-32-72-23-21-62(47)39-29-56(30-39)16-19-61(20-17-56)38-8-9-42(44(26-38)63-43-13-22-71-33-50(43)75-54-46(63)25-36-12-18-57-52(36)59-54)53(65)60-76(69,70)40-27-45(64(67)68)51-49(28-40)73-31-37(58-51)24-35-10-14-55(3,66)15-11-35/h4-9,12,18,25-28,34-35,37,39,43,47,50,58,66H,10-11,13-17,19-24,29-33H2,1-3H3,(H,57,59)(H,60,65)/t35?,37-,43-,47-,50-,55?/m0/s1. The molecule has 12 rings (SSSR count). The number of aromatic nitrogens is 2. The van der Waals surface area contributed by atoms with Gasteiger partial charge in [-0.2, -0.15) is 4.98 Å². The first kappa shape index (κ1) is 50.6. The van der Waals surface area contributed by atoms with Crippen LogP contribution in [0.15, 0.2) is 77.8 Å². The molecule has 0 unspecified atom stereocenters. The van der Waals surface area contributed by atoms with Crippen LogP contribution in [0.2, 0.25) is 0 Å². The molecule has 2 aromatic heterocycles. The zero-order valence-corrected chi connectivity index (χ0v) is 44.2. The van der Waals surface area contributed by atoms with Crippen molar-refractivity contribution in [1.82, 2.24) is 19.6 Å². The number of anilines is 4. The molecule has 20 heteroatoms. The molecule has 19 nitrogen and oxygen atoms in total. The van der Waals surface area contributed by atoms with Gasteiger partial charge in [-0.05, 0) is 133 Å². The predicted octanol–water partition coefficient (Wildman–Crippen LogP) is 8.39. The molecule has 3 saturated heterocycles. The van der Waals surface area contributed by atoms with E-state index in [1.54, 1.807) is 12.3 Å². The summed E-state index contributed by atoms with van der Waals surface area (Å²) >= 11 is 0. The third kappa shape index (κ3) is 9.79. The number of aliphatic hydroxyl groups is 1. The average molecular weight is 1060 g/mol. The number of ether oxygens (including phenoxy) is 5. The van der Waals surface area contributed by atoms with Crippen molar-refractivity contribution in [1.29, 1.82) is 0 Å². The number of amides is 1. The zero-order chi connectivity index (χ0) is 52.5. The first-order valence-electron chi connectivity index (χ1n) is 27.1. The minimum absolute atomic E-state index is 0.0120. The second-order valence-electron chi connectivity index (χ2n) is 22.8. The molecule has 7 aliphatic rings. The summed E-state index contributed by atoms with van der Waals surface area (Å²) in [6.45, 7) is 10.7. The zero-order valence-electron chi connectivity index (χ0n) is 43.4. The average Bonchev–Trinajstić information content (AvgIpc) is 3.86. The summed E-state index contributed by atoms with van der Waals surface area (Å²) in [6, 6.07) is 20.0. The lowest BCUT2D eigenvalue weighted by atomic mass is 9.59. The van der Waals surface area contributed by atoms with Crippen molar-refractivity contribution in [2.24, 2.45) is 11.3 Å². The highest BCUT2D eigenvalue weighted by Gasteiger charge is 2.50. The molecule has 4 N–H and O–H groups in total. The Labute approximate surface area is 442 Å². The van der Waals surface area contributed by atoms with Crippen molar-refractivity contribution < 1.29 is 46.9 Å². The number of fused-ring (bicyclic) bond motifs is 4. The van der Waals surface area contributed by atoms with Gasteiger partial charge in [0, 0.05) is 67.2 Å². The number of nitro groups is 1. The van der Waals surface area contributed by atoms with Crippen LogP contribution in [0.5, 0.6) is 17.4 Å². The summed E-state index contributed by atoms with van der Waals surface area (Å²) in [4.78, 5) is 41.4. The van der Waals surface area contributed by atoms with Crippen molar-refractivity contribution >= 4 is 55.4 Å². The fraction of sp³-hybridized carbons (Fsp3) is 0.536. The van der Waals surface area contributed by atoms with Crippen LogP contribution in [-0.2, 0) is 19.5 Å². The van der Waals surface area contributed by atoms with Gasteiger partial charge in [0.15, 0.2) is 11.4 Å². The number of nitrogens with zero attached hydrogens (tertiary/aromatic N) is 5. The van der Waals surface area contributed by atoms with E-state index in [1.165, 1.54) is 11.6 Å². The third-order valence-electron chi connectivity index (χ3n) is 17.3. The molecule has 4 atom stereocenters. The van der Waals surface area contributed by atoms with E-state index in [0.29, 0.717) is 80.4 Å². The summed E-state index contributed by atoms with van der Waals surface area (Å²) in [5.41, 5.74) is 3.02. The van der Waals surface area contributed by atoms with Crippen LogP contribution in [0.3, 0.4) is 0 Å². The Bertz CT molecular complexity index is 3120. The number of nitrogens with one attached hydrogen (secondary N) is 3. The molecule has 76 heavy (non-hydrogen) atoms. The molecule has 0 radical (unpaired) electrons. The van der Waals surface area contributed by atoms with Gasteiger partial charge in [0.1, 0.15) is 29.8 Å². The van der Waals surface area contributed by atoms with Crippen molar-refractivity contribution in [3.05, 3.63) is 94.2 Å². The lowest BCUT2D eigenvalue weighted by Crippen LogP contribution is -2.57. The van der Waals surface area contributed by atoms with Gasteiger partial charge in [-0.25, -0.2) is 13.1 Å². The lowest BCUT2D eigenvalue weighted by Gasteiger charge is -2.57. The van der Waals surface area contributed by atoms with E-state index in [1.807, 2.05) is 37.3 Å². The smallest absolute Gasteiger partial charge is 0.297 e. The van der Waals surface area contributed by atoms with E-state index in [2.05, 4.69) is 61.8 Å². The minimum Gasteiger partial charge on any atom is -0.491 e. The number of hydrogen-bond donors (Lipinski definition) is 4. The van der Waals surface area contributed by atoms with Gasteiger partial charge < -0.3 is 48.9 Å². The van der Waals surface area contributed by atoms with E-state index in [9.17, 15) is 28.4 Å². The molecule has 2 aliphatic carbocycles. The summed E-state index contributed by atoms with van der Waals surface area (Å²) in [6.07, 6.45) is 9.85. The maximum atomic E-state index is 14.9. The second kappa shape index (κ2) is 20.0. The molecule has 5 fully saturated rings. The van der Waals surface area contributed by atoms with Crippen LogP contribution in [0.4, 0.5) is 28.4 Å². The molecule has 5 aliphatic heterocycles. The highest BCUT2D eigenvalue weighted by molar-refractivity contribution is 7.90. The van der Waals surface area contributed by atoms with Crippen LogP contribution in [-0.4, -0.2) is 128 Å². The Morgan fingerprint density at radius 2 is 1.75 bits per heavy atom. The SMILES string of the molecule is CC(C)Oc1ccccc1[C@@H]1COCCN1C1CC2(CCN(c3ccc(C(=O)NS(=O)(=O)c4cc5c(c([N+](=O)[O-])c4)N[C@@H](CC4CCC(C)(O)CC4)CO5)c(N4c5cc6cc[nH]c6nc5O[C@H]5COCC[C@@H]54)c3)CC2)C1. The molecule has 5 aromatic rings. The predicted molar refractivity (Wildman–Crippen MR) is 286 cm³/mol. The number of H-pyrrole nitrogens is 1. The number of rotatable bonds is 12. The van der Waals surface area contributed by atoms with Gasteiger partial charge in [-0.3, -0.25) is 19.8 Å². The van der Waals surface area contributed by atoms with E-state index in [4.69, 9.17) is 28.7 Å². The fourth-order valence-corrected chi connectivity index (χ4v) is 14.2. The maximum Gasteiger partial charge on any atom is 0.297 e. The van der Waals surface area contributed by atoms with Gasteiger partial charge in [0.2, 0.25) is 5.88 Å². The summed E-state index contributed by atoms with van der Waals surface area (Å²) < 4.78 is 62.0. The number of morpholine rings is 1. The fourth-order valence-electron chi connectivity index (χ4n) is 13.2. The third-order valence-corrected chi connectivity index (χ3v) is 18.6. The Balaban J connectivity index is 0.817. The number of carbonyl (C=O) groups is 1. The van der Waals surface area contributed by atoms with Crippen molar-refractivity contribution in [2.45, 2.75) is 132 Å².